The average Bonchev–Trinajstić information content (AvgIpc) is 2.68. The Labute approximate surface area is 154 Å². The van der Waals surface area contributed by atoms with E-state index in [4.69, 9.17) is 4.74 Å². The number of amides is 2. The Morgan fingerprint density at radius 1 is 1.27 bits per heavy atom. The fourth-order valence-electron chi connectivity index (χ4n) is 4.05. The zero-order chi connectivity index (χ0) is 18.6. The van der Waals surface area contributed by atoms with Crippen molar-refractivity contribution >= 4 is 11.8 Å². The molecule has 0 aliphatic carbocycles. The van der Waals surface area contributed by atoms with E-state index in [0.717, 1.165) is 38.1 Å². The van der Waals surface area contributed by atoms with Gasteiger partial charge in [0.2, 0.25) is 5.91 Å². The van der Waals surface area contributed by atoms with Crippen LogP contribution < -0.4 is 0 Å². The Bertz CT molecular complexity index is 649. The van der Waals surface area contributed by atoms with Crippen LogP contribution in [0.2, 0.25) is 0 Å². The Morgan fingerprint density at radius 2 is 2.04 bits per heavy atom. The first-order chi connectivity index (χ1) is 12.6. The minimum absolute atomic E-state index is 0.000220. The van der Waals surface area contributed by atoms with E-state index in [9.17, 15) is 9.59 Å². The van der Waals surface area contributed by atoms with Crippen molar-refractivity contribution in [1.29, 1.82) is 0 Å². The third-order valence-corrected chi connectivity index (χ3v) is 5.53. The molecule has 142 valence electrons. The Morgan fingerprint density at radius 3 is 2.73 bits per heavy atom. The number of methoxy groups -OCH3 is 1. The fourth-order valence-corrected chi connectivity index (χ4v) is 4.05. The summed E-state index contributed by atoms with van der Waals surface area (Å²) < 4.78 is 5.13. The molecule has 2 aliphatic heterocycles. The molecule has 1 aromatic heterocycles. The van der Waals surface area contributed by atoms with E-state index >= 15 is 0 Å². The van der Waals surface area contributed by atoms with Gasteiger partial charge in [-0.1, -0.05) is 6.92 Å². The number of aryl methyl sites for hydroxylation is 1. The summed E-state index contributed by atoms with van der Waals surface area (Å²) in [5, 5.41) is 0. The Balaban J connectivity index is 1.69. The minimum atomic E-state index is -0.00734. The van der Waals surface area contributed by atoms with Crippen molar-refractivity contribution in [3.05, 3.63) is 23.8 Å². The number of likely N-dealkylation sites (tertiary alicyclic amines) is 2. The van der Waals surface area contributed by atoms with Gasteiger partial charge in [-0.25, -0.2) is 9.97 Å². The summed E-state index contributed by atoms with van der Waals surface area (Å²) in [6.07, 6.45) is 7.44. The summed E-state index contributed by atoms with van der Waals surface area (Å²) >= 11 is 0. The lowest BCUT2D eigenvalue weighted by atomic mass is 9.73. The number of piperidine rings is 2. The van der Waals surface area contributed by atoms with Gasteiger partial charge < -0.3 is 14.5 Å². The largest absolute Gasteiger partial charge is 0.383 e. The zero-order valence-corrected chi connectivity index (χ0v) is 15.7. The van der Waals surface area contributed by atoms with Crippen LogP contribution in [0, 0.1) is 5.41 Å². The summed E-state index contributed by atoms with van der Waals surface area (Å²) in [7, 11) is 1.65. The standard InChI is InChI=1S/C19H28N4O3/c1-3-16-20-11-15(12-21-16)18(25)23-8-4-6-19(14-23)7-5-17(24)22(13-19)9-10-26-2/h11-12H,3-10,13-14H2,1-2H3/t19-/m0/s1. The summed E-state index contributed by atoms with van der Waals surface area (Å²) in [4.78, 5) is 37.4. The summed E-state index contributed by atoms with van der Waals surface area (Å²) in [5.74, 6) is 0.933. The van der Waals surface area contributed by atoms with Crippen molar-refractivity contribution in [3.63, 3.8) is 0 Å². The van der Waals surface area contributed by atoms with Crippen LogP contribution in [0.1, 0.15) is 48.8 Å². The lowest BCUT2D eigenvalue weighted by Gasteiger charge is -2.48. The highest BCUT2D eigenvalue weighted by molar-refractivity contribution is 5.93. The van der Waals surface area contributed by atoms with Crippen molar-refractivity contribution in [1.82, 2.24) is 19.8 Å². The van der Waals surface area contributed by atoms with E-state index in [2.05, 4.69) is 9.97 Å². The number of nitrogens with zero attached hydrogens (tertiary/aromatic N) is 4. The number of rotatable bonds is 5. The number of hydrogen-bond acceptors (Lipinski definition) is 5. The van der Waals surface area contributed by atoms with Crippen molar-refractivity contribution < 1.29 is 14.3 Å². The normalized spacial score (nSPS) is 23.5. The molecule has 2 amide bonds. The molecule has 7 nitrogen and oxygen atoms in total. The Hall–Kier alpha value is -2.02. The monoisotopic (exact) mass is 360 g/mol. The van der Waals surface area contributed by atoms with Gasteiger partial charge in [0.15, 0.2) is 0 Å². The predicted molar refractivity (Wildman–Crippen MR) is 96.7 cm³/mol. The molecule has 2 fully saturated rings. The molecule has 0 radical (unpaired) electrons. The Kier molecular flexibility index (Phi) is 5.86. The van der Waals surface area contributed by atoms with Gasteiger partial charge in [-0.2, -0.15) is 0 Å². The smallest absolute Gasteiger partial charge is 0.257 e. The summed E-state index contributed by atoms with van der Waals surface area (Å²) in [5.41, 5.74) is 0.544. The number of carbonyl (C=O) groups is 2. The summed E-state index contributed by atoms with van der Waals surface area (Å²) in [6, 6.07) is 0. The third-order valence-electron chi connectivity index (χ3n) is 5.53. The molecule has 1 aromatic rings. The van der Waals surface area contributed by atoms with Gasteiger partial charge in [-0.15, -0.1) is 0 Å². The maximum atomic E-state index is 12.9. The minimum Gasteiger partial charge on any atom is -0.383 e. The fraction of sp³-hybridized carbons (Fsp3) is 0.684. The van der Waals surface area contributed by atoms with Gasteiger partial charge in [0.05, 0.1) is 12.2 Å². The SMILES string of the molecule is CCc1ncc(C(=O)N2CCC[C@@]3(CCC(=O)N(CCOC)C3)C2)cn1. The molecular weight excluding hydrogens is 332 g/mol. The molecule has 2 saturated heterocycles. The number of carbonyl (C=O) groups excluding carboxylic acids is 2. The van der Waals surface area contributed by atoms with Crippen molar-refractivity contribution in [2.24, 2.45) is 5.41 Å². The number of aromatic nitrogens is 2. The van der Waals surface area contributed by atoms with Crippen LogP contribution in [0.15, 0.2) is 12.4 Å². The highest BCUT2D eigenvalue weighted by Gasteiger charge is 2.42. The van der Waals surface area contributed by atoms with Crippen LogP contribution in [-0.2, 0) is 16.0 Å². The second-order valence-corrected chi connectivity index (χ2v) is 7.38. The lowest BCUT2D eigenvalue weighted by Crippen LogP contribution is -2.55. The van der Waals surface area contributed by atoms with Crippen LogP contribution in [0.5, 0.6) is 0 Å². The molecule has 0 aromatic carbocycles. The topological polar surface area (TPSA) is 75.6 Å². The van der Waals surface area contributed by atoms with Gasteiger partial charge in [-0.05, 0) is 19.3 Å². The molecular formula is C19H28N4O3. The van der Waals surface area contributed by atoms with Crippen molar-refractivity contribution in [2.45, 2.75) is 39.0 Å². The number of ether oxygens (including phenoxy) is 1. The zero-order valence-electron chi connectivity index (χ0n) is 15.7. The van der Waals surface area contributed by atoms with Crippen LogP contribution in [0.4, 0.5) is 0 Å². The van der Waals surface area contributed by atoms with Crippen LogP contribution in [0.3, 0.4) is 0 Å². The highest BCUT2D eigenvalue weighted by Crippen LogP contribution is 2.39. The van der Waals surface area contributed by atoms with E-state index in [0.29, 0.717) is 38.2 Å². The van der Waals surface area contributed by atoms with Crippen molar-refractivity contribution in [3.8, 4) is 0 Å². The molecule has 0 N–H and O–H groups in total. The quantitative estimate of drug-likeness (QED) is 0.796. The van der Waals surface area contributed by atoms with E-state index < -0.39 is 0 Å². The van der Waals surface area contributed by atoms with Crippen molar-refractivity contribution in [2.75, 3.05) is 39.9 Å². The first kappa shape index (κ1) is 18.8. The van der Waals surface area contributed by atoms with Gasteiger partial charge in [0.1, 0.15) is 5.82 Å². The molecule has 1 atom stereocenters. The van der Waals surface area contributed by atoms with Gasteiger partial charge >= 0.3 is 0 Å². The van der Waals surface area contributed by atoms with Crippen LogP contribution >= 0.6 is 0 Å². The molecule has 7 heteroatoms. The van der Waals surface area contributed by atoms with E-state index in [1.165, 1.54) is 0 Å². The van der Waals surface area contributed by atoms with Crippen LogP contribution in [0.25, 0.3) is 0 Å². The number of hydrogen-bond donors (Lipinski definition) is 0. The molecule has 0 bridgehead atoms. The lowest BCUT2D eigenvalue weighted by molar-refractivity contribution is -0.139. The first-order valence-corrected chi connectivity index (χ1v) is 9.44. The van der Waals surface area contributed by atoms with Crippen LogP contribution in [-0.4, -0.2) is 71.5 Å². The van der Waals surface area contributed by atoms with Gasteiger partial charge in [-0.3, -0.25) is 9.59 Å². The second-order valence-electron chi connectivity index (χ2n) is 7.38. The molecule has 0 saturated carbocycles. The van der Waals surface area contributed by atoms with E-state index in [1.807, 2.05) is 16.7 Å². The molecule has 3 rings (SSSR count). The maximum Gasteiger partial charge on any atom is 0.257 e. The molecule has 1 spiro atoms. The van der Waals surface area contributed by atoms with Gasteiger partial charge in [0.25, 0.3) is 5.91 Å². The molecule has 26 heavy (non-hydrogen) atoms. The maximum absolute atomic E-state index is 12.9. The average molecular weight is 360 g/mol. The molecule has 2 aliphatic rings. The molecule has 3 heterocycles. The third kappa shape index (κ3) is 4.03. The highest BCUT2D eigenvalue weighted by atomic mass is 16.5. The van der Waals surface area contributed by atoms with E-state index in [-0.39, 0.29) is 17.2 Å². The first-order valence-electron chi connectivity index (χ1n) is 9.44. The predicted octanol–water partition coefficient (Wildman–Crippen LogP) is 1.53. The van der Waals surface area contributed by atoms with E-state index in [1.54, 1.807) is 19.5 Å². The van der Waals surface area contributed by atoms with Gasteiger partial charge in [0, 0.05) is 63.9 Å². The second kappa shape index (κ2) is 8.12. The molecule has 0 unspecified atom stereocenters. The summed E-state index contributed by atoms with van der Waals surface area (Å²) in [6.45, 7) is 5.32.